The van der Waals surface area contributed by atoms with E-state index in [9.17, 15) is 0 Å². The van der Waals surface area contributed by atoms with Gasteiger partial charge in [0.2, 0.25) is 24.1 Å². The van der Waals surface area contributed by atoms with Crippen molar-refractivity contribution in [3.63, 3.8) is 0 Å². The quantitative estimate of drug-likeness (QED) is 0.0544. The zero-order valence-electron chi connectivity index (χ0n) is 39.3. The van der Waals surface area contributed by atoms with Crippen molar-refractivity contribution in [1.82, 2.24) is 8.61 Å². The second kappa shape index (κ2) is 40.5. The molecule has 61 heavy (non-hydrogen) atoms. The van der Waals surface area contributed by atoms with Crippen LogP contribution in [0.15, 0.2) is 0 Å². The Balaban J connectivity index is 6.48. The highest BCUT2D eigenvalue weighted by molar-refractivity contribution is 8.08. The molecule has 0 atom stereocenters. The van der Waals surface area contributed by atoms with Gasteiger partial charge in [-0.15, -0.1) is 0 Å². The summed E-state index contributed by atoms with van der Waals surface area (Å²) in [5.74, 6) is 0. The lowest BCUT2D eigenvalue weighted by Crippen LogP contribution is -2.58. The fourth-order valence-corrected chi connectivity index (χ4v) is 14.1. The minimum atomic E-state index is -4.29. The van der Waals surface area contributed by atoms with Gasteiger partial charge in [-0.3, -0.25) is 0 Å². The molecule has 0 unspecified atom stereocenters. The number of unbranched alkanes of at least 4 members (excludes halogenated alkanes) is 30. The molecule has 0 saturated carbocycles. The van der Waals surface area contributed by atoms with Crippen LogP contribution in [0.2, 0.25) is 0 Å². The van der Waals surface area contributed by atoms with Crippen molar-refractivity contribution in [1.29, 1.82) is 21.0 Å². The zero-order chi connectivity index (χ0) is 45.2. The minimum absolute atomic E-state index is 0.109. The molecule has 0 N–H and O–H groups in total. The van der Waals surface area contributed by atoms with E-state index in [0.717, 1.165) is 154 Å². The lowest BCUT2D eigenvalue weighted by Gasteiger charge is -2.41. The third-order valence-corrected chi connectivity index (χ3v) is 18.3. The van der Waals surface area contributed by atoms with Crippen LogP contribution in [0, 0.1) is 45.3 Å². The first kappa shape index (κ1) is 58.8. The van der Waals surface area contributed by atoms with Gasteiger partial charge in [0.1, 0.15) is 0 Å². The summed E-state index contributed by atoms with van der Waals surface area (Å²) < 4.78 is 63.4. The second-order valence-electron chi connectivity index (χ2n) is 17.5. The molecular formula is C49H90N6O4S2. The predicted octanol–water partition coefficient (Wildman–Crippen LogP) is 13.9. The van der Waals surface area contributed by atoms with Gasteiger partial charge in [0.25, 0.3) is 0 Å². The summed E-state index contributed by atoms with van der Waals surface area (Å²) in [5, 5.41) is 35.4. The summed E-state index contributed by atoms with van der Waals surface area (Å²) in [4.78, 5) is 0. The number of nitriles is 4. The van der Waals surface area contributed by atoms with Gasteiger partial charge in [0.05, 0.1) is 24.3 Å². The molecule has 10 nitrogen and oxygen atoms in total. The van der Waals surface area contributed by atoms with E-state index in [2.05, 4.69) is 24.3 Å². The van der Waals surface area contributed by atoms with Gasteiger partial charge in [-0.2, -0.15) is 21.0 Å². The molecule has 0 amide bonds. The molecule has 0 radical (unpaired) electrons. The number of rotatable bonds is 46. The molecule has 0 rings (SSSR count). The van der Waals surface area contributed by atoms with Crippen molar-refractivity contribution >= 4 is 20.0 Å². The lowest BCUT2D eigenvalue weighted by atomic mass is 10.1. The Morgan fingerprint density at radius 1 is 0.328 bits per heavy atom. The van der Waals surface area contributed by atoms with Crippen molar-refractivity contribution < 1.29 is 16.8 Å². The van der Waals surface area contributed by atoms with Gasteiger partial charge in [0.15, 0.2) is 0 Å². The van der Waals surface area contributed by atoms with Gasteiger partial charge < -0.3 is 0 Å². The van der Waals surface area contributed by atoms with Crippen molar-refractivity contribution in [2.45, 2.75) is 262 Å². The molecule has 0 aromatic rings. The first-order valence-electron chi connectivity index (χ1n) is 25.1. The monoisotopic (exact) mass is 891 g/mol. The van der Waals surface area contributed by atoms with Crippen LogP contribution >= 0.6 is 0 Å². The van der Waals surface area contributed by atoms with Crippen LogP contribution in [0.5, 0.6) is 0 Å². The van der Waals surface area contributed by atoms with Crippen LogP contribution in [0.1, 0.15) is 258 Å². The summed E-state index contributed by atoms with van der Waals surface area (Å²) in [6, 6.07) is 8.85. The number of hydrogen-bond donors (Lipinski definition) is 0. The third kappa shape index (κ3) is 26.9. The standard InChI is InChI=1S/C49H90N6O4S2/c1-3-5-39-49(40-6-4-2,60(56,57)54(45-35-27-19-11-7-15-23-31-41-50)46-36-28-20-12-8-16-24-32-42-51)61(58,59)55(47-37-29-21-13-9-17-25-33-43-52)48-38-30-22-14-10-18-26-34-44-53/h3-40,45-48H2,1-2H3. The number of sulfonamides is 2. The fraction of sp³-hybridized carbons (Fsp3) is 0.918. The number of hydrogen-bond acceptors (Lipinski definition) is 8. The molecule has 0 spiro atoms. The molecule has 0 aliphatic heterocycles. The lowest BCUT2D eigenvalue weighted by molar-refractivity contribution is 0.344. The van der Waals surface area contributed by atoms with Gasteiger partial charge in [-0.25, -0.2) is 25.4 Å². The Kier molecular flexibility index (Phi) is 39.1. The van der Waals surface area contributed by atoms with E-state index >= 15 is 16.8 Å². The van der Waals surface area contributed by atoms with Crippen molar-refractivity contribution in [3.05, 3.63) is 0 Å². The summed E-state index contributed by atoms with van der Waals surface area (Å²) >= 11 is 0. The van der Waals surface area contributed by atoms with Gasteiger partial charge in [-0.05, 0) is 64.2 Å². The predicted molar refractivity (Wildman–Crippen MR) is 253 cm³/mol. The van der Waals surface area contributed by atoms with Crippen LogP contribution in [0.25, 0.3) is 0 Å². The summed E-state index contributed by atoms with van der Waals surface area (Å²) in [5.41, 5.74) is 0. The van der Waals surface area contributed by atoms with E-state index in [4.69, 9.17) is 21.0 Å². The Hall–Kier alpha value is -2.22. The maximum atomic E-state index is 15.5. The molecule has 0 heterocycles. The fourth-order valence-electron chi connectivity index (χ4n) is 8.35. The van der Waals surface area contributed by atoms with Crippen LogP contribution < -0.4 is 0 Å². The average Bonchev–Trinajstić information content (AvgIpc) is 3.25. The Labute approximate surface area is 377 Å². The van der Waals surface area contributed by atoms with E-state index in [0.29, 0.717) is 103 Å². The highest BCUT2D eigenvalue weighted by atomic mass is 32.3. The number of nitrogens with zero attached hydrogens (tertiary/aromatic N) is 6. The summed E-state index contributed by atoms with van der Waals surface area (Å²) in [6.07, 6.45) is 31.6. The molecule has 352 valence electrons. The van der Waals surface area contributed by atoms with Crippen LogP contribution in [0.3, 0.4) is 0 Å². The van der Waals surface area contributed by atoms with Crippen LogP contribution in [-0.4, -0.2) is 55.7 Å². The van der Waals surface area contributed by atoms with Gasteiger partial charge in [-0.1, -0.05) is 168 Å². The highest BCUT2D eigenvalue weighted by Crippen LogP contribution is 2.41. The Bertz CT molecular complexity index is 1260. The van der Waals surface area contributed by atoms with Gasteiger partial charge in [0, 0.05) is 51.9 Å². The zero-order valence-corrected chi connectivity index (χ0v) is 41.0. The minimum Gasteiger partial charge on any atom is -0.210 e. The first-order chi connectivity index (χ1) is 29.7. The molecule has 0 bridgehead atoms. The molecule has 0 aliphatic rings. The van der Waals surface area contributed by atoms with Crippen molar-refractivity contribution in [3.8, 4) is 24.3 Å². The molecule has 0 aromatic carbocycles. The van der Waals surface area contributed by atoms with E-state index in [1.54, 1.807) is 8.61 Å². The maximum Gasteiger partial charge on any atom is 0.235 e. The summed E-state index contributed by atoms with van der Waals surface area (Å²) in [7, 11) is -8.58. The average molecular weight is 891 g/mol. The SMILES string of the molecule is CCCCC(CCCC)(S(=O)(=O)N(CCCCCCCCCC#N)CCCCCCCCCC#N)S(=O)(=O)N(CCCCCCCCCC#N)CCCCCCCCCC#N. The molecule has 0 saturated heterocycles. The smallest absolute Gasteiger partial charge is 0.210 e. The van der Waals surface area contributed by atoms with E-state index in [1.807, 2.05) is 13.8 Å². The molecular weight excluding hydrogens is 801 g/mol. The van der Waals surface area contributed by atoms with Gasteiger partial charge >= 0.3 is 0 Å². The first-order valence-corrected chi connectivity index (χ1v) is 28.0. The Morgan fingerprint density at radius 2 is 0.525 bits per heavy atom. The summed E-state index contributed by atoms with van der Waals surface area (Å²) in [6.45, 7) is 5.38. The van der Waals surface area contributed by atoms with Crippen molar-refractivity contribution in [2.75, 3.05) is 26.2 Å². The largest absolute Gasteiger partial charge is 0.235 e. The van der Waals surface area contributed by atoms with Crippen LogP contribution in [-0.2, 0) is 20.0 Å². The van der Waals surface area contributed by atoms with E-state index in [-0.39, 0.29) is 12.8 Å². The van der Waals surface area contributed by atoms with Crippen molar-refractivity contribution in [2.24, 2.45) is 0 Å². The second-order valence-corrected chi connectivity index (χ2v) is 22.2. The van der Waals surface area contributed by atoms with E-state index in [1.165, 1.54) is 0 Å². The Morgan fingerprint density at radius 3 is 0.721 bits per heavy atom. The molecule has 0 fully saturated rings. The van der Waals surface area contributed by atoms with Crippen LogP contribution in [0.4, 0.5) is 0 Å². The molecule has 0 aromatic heterocycles. The topological polar surface area (TPSA) is 170 Å². The molecule has 12 heteroatoms. The highest BCUT2D eigenvalue weighted by Gasteiger charge is 2.58. The maximum absolute atomic E-state index is 15.5. The third-order valence-electron chi connectivity index (χ3n) is 12.2. The molecule has 0 aliphatic carbocycles. The van der Waals surface area contributed by atoms with E-state index < -0.39 is 24.1 Å². The normalized spacial score (nSPS) is 12.1.